The Labute approximate surface area is 89.0 Å². The summed E-state index contributed by atoms with van der Waals surface area (Å²) in [5.41, 5.74) is 10.1. The first-order valence-electron chi connectivity index (χ1n) is 4.19. The molecule has 0 spiro atoms. The number of hydrogen-bond acceptors (Lipinski definition) is 3. The number of halogens is 3. The number of ether oxygens (including phenoxy) is 1. The van der Waals surface area contributed by atoms with E-state index in [1.165, 1.54) is 18.2 Å². The number of amides is 1. The maximum atomic E-state index is 11.9. The lowest BCUT2D eigenvalue weighted by Crippen LogP contribution is -2.22. The van der Waals surface area contributed by atoms with Crippen LogP contribution in [0.4, 0.5) is 18.9 Å². The predicted molar refractivity (Wildman–Crippen MR) is 50.9 cm³/mol. The average Bonchev–Trinajstić information content (AvgIpc) is 2.13. The molecule has 88 valence electrons. The van der Waals surface area contributed by atoms with E-state index in [9.17, 15) is 18.0 Å². The van der Waals surface area contributed by atoms with Crippen LogP contribution in [-0.2, 0) is 0 Å². The van der Waals surface area contributed by atoms with E-state index < -0.39 is 18.7 Å². The number of benzene rings is 1. The first kappa shape index (κ1) is 12.2. The summed E-state index contributed by atoms with van der Waals surface area (Å²) in [5.74, 6) is -1.24. The summed E-state index contributed by atoms with van der Waals surface area (Å²) in [6.07, 6.45) is -4.50. The normalized spacial score (nSPS) is 11.2. The molecule has 7 heteroatoms. The molecule has 0 atom stereocenters. The lowest BCUT2D eigenvalue weighted by molar-refractivity contribution is -0.153. The highest BCUT2D eigenvalue weighted by Gasteiger charge is 2.29. The molecule has 4 N–H and O–H groups in total. The third-order valence-corrected chi connectivity index (χ3v) is 1.69. The Morgan fingerprint density at radius 3 is 2.50 bits per heavy atom. The van der Waals surface area contributed by atoms with Crippen LogP contribution in [0.3, 0.4) is 0 Å². The Kier molecular flexibility index (Phi) is 3.26. The number of hydrogen-bond donors (Lipinski definition) is 2. The van der Waals surface area contributed by atoms with Crippen molar-refractivity contribution in [2.45, 2.75) is 6.18 Å². The first-order valence-corrected chi connectivity index (χ1v) is 4.19. The molecule has 0 aliphatic rings. The average molecular weight is 234 g/mol. The molecule has 1 aromatic carbocycles. The van der Waals surface area contributed by atoms with Gasteiger partial charge in [0.1, 0.15) is 0 Å². The van der Waals surface area contributed by atoms with Crippen molar-refractivity contribution in [3.8, 4) is 5.75 Å². The smallest absolute Gasteiger partial charge is 0.422 e. The van der Waals surface area contributed by atoms with Gasteiger partial charge in [0.05, 0.1) is 11.3 Å². The van der Waals surface area contributed by atoms with Crippen LogP contribution in [0.25, 0.3) is 0 Å². The fourth-order valence-corrected chi connectivity index (χ4v) is 1.06. The van der Waals surface area contributed by atoms with Crippen LogP contribution in [0.1, 0.15) is 10.4 Å². The van der Waals surface area contributed by atoms with Gasteiger partial charge in [-0.05, 0) is 12.1 Å². The summed E-state index contributed by atoms with van der Waals surface area (Å²) in [6, 6.07) is 3.96. The molecule has 0 heterocycles. The summed E-state index contributed by atoms with van der Waals surface area (Å²) in [4.78, 5) is 10.9. The molecule has 16 heavy (non-hydrogen) atoms. The maximum Gasteiger partial charge on any atom is 0.422 e. The standard InChI is InChI=1S/C9H9F3N2O2/c10-9(11,12)4-16-7-5(8(14)15)2-1-3-6(7)13/h1-3H,4,13H2,(H2,14,15). The van der Waals surface area contributed by atoms with E-state index >= 15 is 0 Å². The number of rotatable bonds is 3. The third-order valence-electron chi connectivity index (χ3n) is 1.69. The molecule has 0 fully saturated rings. The second kappa shape index (κ2) is 4.30. The van der Waals surface area contributed by atoms with E-state index in [-0.39, 0.29) is 17.0 Å². The van der Waals surface area contributed by atoms with E-state index in [1.54, 1.807) is 0 Å². The minimum absolute atomic E-state index is 0.0689. The van der Waals surface area contributed by atoms with E-state index in [2.05, 4.69) is 4.74 Å². The Balaban J connectivity index is 2.98. The number of carbonyl (C=O) groups excluding carboxylic acids is 1. The van der Waals surface area contributed by atoms with Gasteiger partial charge >= 0.3 is 6.18 Å². The second-order valence-corrected chi connectivity index (χ2v) is 2.99. The number of anilines is 1. The van der Waals surface area contributed by atoms with Crippen LogP contribution in [0.5, 0.6) is 5.75 Å². The molecule has 0 aliphatic carbocycles. The zero-order valence-corrected chi connectivity index (χ0v) is 8.04. The first-order chi connectivity index (χ1) is 7.31. The van der Waals surface area contributed by atoms with Gasteiger partial charge in [-0.1, -0.05) is 6.07 Å². The van der Waals surface area contributed by atoms with Gasteiger partial charge in [0.15, 0.2) is 12.4 Å². The van der Waals surface area contributed by atoms with Crippen molar-refractivity contribution < 1.29 is 22.7 Å². The third kappa shape index (κ3) is 3.04. The minimum Gasteiger partial charge on any atom is -0.481 e. The Morgan fingerprint density at radius 2 is 2.00 bits per heavy atom. The summed E-state index contributed by atoms with van der Waals surface area (Å²) in [7, 11) is 0. The monoisotopic (exact) mass is 234 g/mol. The Morgan fingerprint density at radius 1 is 1.38 bits per heavy atom. The molecule has 0 unspecified atom stereocenters. The predicted octanol–water partition coefficient (Wildman–Crippen LogP) is 1.31. The van der Waals surface area contributed by atoms with Crippen molar-refractivity contribution in [1.82, 2.24) is 0 Å². The van der Waals surface area contributed by atoms with Crippen LogP contribution in [0.2, 0.25) is 0 Å². The van der Waals surface area contributed by atoms with Crippen LogP contribution in [-0.4, -0.2) is 18.7 Å². The van der Waals surface area contributed by atoms with Gasteiger partial charge in [-0.3, -0.25) is 4.79 Å². The van der Waals surface area contributed by atoms with Crippen LogP contribution in [0.15, 0.2) is 18.2 Å². The minimum atomic E-state index is -4.50. The van der Waals surface area contributed by atoms with E-state index in [0.29, 0.717) is 0 Å². The zero-order valence-electron chi connectivity index (χ0n) is 8.04. The topological polar surface area (TPSA) is 78.3 Å². The van der Waals surface area contributed by atoms with Crippen LogP contribution < -0.4 is 16.2 Å². The largest absolute Gasteiger partial charge is 0.481 e. The molecular weight excluding hydrogens is 225 g/mol. The number of para-hydroxylation sites is 1. The summed E-state index contributed by atoms with van der Waals surface area (Å²) in [6.45, 7) is -1.53. The molecule has 0 saturated carbocycles. The molecule has 0 radical (unpaired) electrons. The quantitative estimate of drug-likeness (QED) is 0.774. The SMILES string of the molecule is NC(=O)c1cccc(N)c1OCC(F)(F)F. The molecule has 1 rings (SSSR count). The number of primary amides is 1. The Bertz CT molecular complexity index is 404. The highest BCUT2D eigenvalue weighted by Crippen LogP contribution is 2.28. The molecule has 1 aromatic rings. The summed E-state index contributed by atoms with van der Waals surface area (Å²) >= 11 is 0. The molecule has 1 amide bonds. The van der Waals surface area contributed by atoms with Gasteiger partial charge < -0.3 is 16.2 Å². The number of nitrogen functional groups attached to an aromatic ring is 1. The fourth-order valence-electron chi connectivity index (χ4n) is 1.06. The van der Waals surface area contributed by atoms with Crippen molar-refractivity contribution in [3.05, 3.63) is 23.8 Å². The molecule has 0 saturated heterocycles. The number of nitrogens with two attached hydrogens (primary N) is 2. The highest BCUT2D eigenvalue weighted by atomic mass is 19.4. The van der Waals surface area contributed by atoms with E-state index in [1.807, 2.05) is 0 Å². The van der Waals surface area contributed by atoms with Gasteiger partial charge in [-0.2, -0.15) is 13.2 Å². The van der Waals surface area contributed by atoms with Crippen LogP contribution >= 0.6 is 0 Å². The molecular formula is C9H9F3N2O2. The zero-order chi connectivity index (χ0) is 12.3. The lowest BCUT2D eigenvalue weighted by atomic mass is 10.1. The van der Waals surface area contributed by atoms with Crippen molar-refractivity contribution in [1.29, 1.82) is 0 Å². The fraction of sp³-hybridized carbons (Fsp3) is 0.222. The Hall–Kier alpha value is -1.92. The second-order valence-electron chi connectivity index (χ2n) is 2.99. The van der Waals surface area contributed by atoms with E-state index in [4.69, 9.17) is 11.5 Å². The van der Waals surface area contributed by atoms with E-state index in [0.717, 1.165) is 0 Å². The lowest BCUT2D eigenvalue weighted by Gasteiger charge is -2.13. The van der Waals surface area contributed by atoms with Gasteiger partial charge in [0.25, 0.3) is 5.91 Å². The summed E-state index contributed by atoms with van der Waals surface area (Å²) < 4.78 is 40.2. The van der Waals surface area contributed by atoms with Gasteiger partial charge in [0.2, 0.25) is 0 Å². The highest BCUT2D eigenvalue weighted by molar-refractivity contribution is 5.97. The van der Waals surface area contributed by atoms with Crippen molar-refractivity contribution in [2.75, 3.05) is 12.3 Å². The molecule has 0 aromatic heterocycles. The number of alkyl halides is 3. The van der Waals surface area contributed by atoms with Gasteiger partial charge in [-0.25, -0.2) is 0 Å². The van der Waals surface area contributed by atoms with Crippen LogP contribution in [0, 0.1) is 0 Å². The molecule has 0 aliphatic heterocycles. The van der Waals surface area contributed by atoms with Crippen molar-refractivity contribution >= 4 is 11.6 Å². The van der Waals surface area contributed by atoms with Crippen molar-refractivity contribution in [2.24, 2.45) is 5.73 Å². The maximum absolute atomic E-state index is 11.9. The number of carbonyl (C=O) groups is 1. The summed E-state index contributed by atoms with van der Waals surface area (Å²) in [5, 5.41) is 0. The molecule has 0 bridgehead atoms. The molecule has 4 nitrogen and oxygen atoms in total. The van der Waals surface area contributed by atoms with Gasteiger partial charge in [0, 0.05) is 0 Å². The van der Waals surface area contributed by atoms with Crippen molar-refractivity contribution in [3.63, 3.8) is 0 Å². The van der Waals surface area contributed by atoms with Gasteiger partial charge in [-0.15, -0.1) is 0 Å².